The van der Waals surface area contributed by atoms with Gasteiger partial charge in [-0.15, -0.1) is 0 Å². The SMILES string of the molecule is CC(=O)[O-].CC(=O)[O-].CCO.[Pd+2]. The average Bonchev–Trinajstić information content (AvgIpc) is 1.60. The molecule has 0 radical (unpaired) electrons. The summed E-state index contributed by atoms with van der Waals surface area (Å²) < 4.78 is 0. The van der Waals surface area contributed by atoms with Crippen LogP contribution >= 0.6 is 0 Å². The number of aliphatic hydroxyl groups excluding tert-OH is 1. The maximum absolute atomic E-state index is 8.89. The van der Waals surface area contributed by atoms with E-state index in [1.54, 1.807) is 6.92 Å². The first kappa shape index (κ1) is 22.6. The molecule has 76 valence electrons. The van der Waals surface area contributed by atoms with Gasteiger partial charge < -0.3 is 24.9 Å². The maximum atomic E-state index is 8.89. The zero-order valence-corrected chi connectivity index (χ0v) is 8.66. The van der Waals surface area contributed by atoms with Crippen LogP contribution in [0.2, 0.25) is 0 Å². The van der Waals surface area contributed by atoms with E-state index in [9.17, 15) is 0 Å². The second kappa shape index (κ2) is 22.4. The van der Waals surface area contributed by atoms with Crippen molar-refractivity contribution in [2.24, 2.45) is 0 Å². The van der Waals surface area contributed by atoms with Crippen molar-refractivity contribution in [3.05, 3.63) is 0 Å². The van der Waals surface area contributed by atoms with Gasteiger partial charge in [0.15, 0.2) is 0 Å². The Hall–Kier alpha value is -0.438. The van der Waals surface area contributed by atoms with Gasteiger partial charge in [-0.2, -0.15) is 0 Å². The molecule has 0 aromatic rings. The van der Waals surface area contributed by atoms with E-state index in [-0.39, 0.29) is 27.0 Å². The molecule has 0 unspecified atom stereocenters. The molecule has 0 atom stereocenters. The monoisotopic (exact) mass is 270 g/mol. The van der Waals surface area contributed by atoms with Crippen LogP contribution < -0.4 is 10.2 Å². The third kappa shape index (κ3) is 3660. The van der Waals surface area contributed by atoms with Gasteiger partial charge in [0.1, 0.15) is 0 Å². The van der Waals surface area contributed by atoms with Crippen LogP contribution in [-0.2, 0) is 30.0 Å². The minimum atomic E-state index is -1.08. The van der Waals surface area contributed by atoms with Crippen LogP contribution in [0.3, 0.4) is 0 Å². The summed E-state index contributed by atoms with van der Waals surface area (Å²) in [5.41, 5.74) is 0. The Bertz CT molecular complexity index is 84.1. The Kier molecular flexibility index (Phi) is 42.2. The Morgan fingerprint density at radius 2 is 1.17 bits per heavy atom. The zero-order valence-electron chi connectivity index (χ0n) is 7.10. The maximum Gasteiger partial charge on any atom is 2.00 e. The Labute approximate surface area is 85.1 Å². The van der Waals surface area contributed by atoms with E-state index in [2.05, 4.69) is 0 Å². The molecule has 0 aliphatic rings. The van der Waals surface area contributed by atoms with Gasteiger partial charge in [-0.1, -0.05) is 0 Å². The molecule has 5 nitrogen and oxygen atoms in total. The van der Waals surface area contributed by atoms with E-state index in [1.165, 1.54) is 0 Å². The van der Waals surface area contributed by atoms with E-state index < -0.39 is 11.9 Å². The molecule has 0 amide bonds. The fourth-order valence-corrected chi connectivity index (χ4v) is 0. The van der Waals surface area contributed by atoms with Gasteiger partial charge in [0.2, 0.25) is 0 Å². The van der Waals surface area contributed by atoms with Crippen molar-refractivity contribution in [1.29, 1.82) is 0 Å². The number of hydrogen-bond donors (Lipinski definition) is 1. The summed E-state index contributed by atoms with van der Waals surface area (Å²) in [6.07, 6.45) is 0. The van der Waals surface area contributed by atoms with Crippen LogP contribution in [-0.4, -0.2) is 23.7 Å². The number of aliphatic hydroxyl groups is 1. The zero-order chi connectivity index (χ0) is 9.86. The van der Waals surface area contributed by atoms with Crippen molar-refractivity contribution in [2.75, 3.05) is 6.61 Å². The molecule has 0 saturated heterocycles. The third-order valence-corrected chi connectivity index (χ3v) is 0. The number of carboxylic acid groups (broad SMARTS) is 2. The first-order valence-corrected chi connectivity index (χ1v) is 2.84. The second-order valence-electron chi connectivity index (χ2n) is 1.30. The summed E-state index contributed by atoms with van der Waals surface area (Å²) >= 11 is 0. The van der Waals surface area contributed by atoms with Gasteiger partial charge in [0.05, 0.1) is 0 Å². The van der Waals surface area contributed by atoms with Crippen LogP contribution in [0.5, 0.6) is 0 Å². The average molecular weight is 271 g/mol. The van der Waals surface area contributed by atoms with Gasteiger partial charge >= 0.3 is 20.4 Å². The molecule has 0 aromatic carbocycles. The van der Waals surface area contributed by atoms with Gasteiger partial charge in [-0.05, 0) is 20.8 Å². The van der Waals surface area contributed by atoms with Gasteiger partial charge in [-0.25, -0.2) is 0 Å². The Morgan fingerprint density at radius 1 is 1.17 bits per heavy atom. The molecule has 0 aliphatic carbocycles. The van der Waals surface area contributed by atoms with Gasteiger partial charge in [0.25, 0.3) is 0 Å². The molecule has 0 aromatic heterocycles. The molecule has 0 heterocycles. The molecule has 1 N–H and O–H groups in total. The summed E-state index contributed by atoms with van der Waals surface area (Å²) in [7, 11) is 0. The molecule has 0 fully saturated rings. The normalized spacial score (nSPS) is 5.67. The van der Waals surface area contributed by atoms with Crippen molar-refractivity contribution in [3.63, 3.8) is 0 Å². The summed E-state index contributed by atoms with van der Waals surface area (Å²) in [6, 6.07) is 0. The Morgan fingerprint density at radius 3 is 1.17 bits per heavy atom. The van der Waals surface area contributed by atoms with E-state index >= 15 is 0 Å². The van der Waals surface area contributed by atoms with E-state index in [0.717, 1.165) is 13.8 Å². The van der Waals surface area contributed by atoms with Crippen LogP contribution in [0, 0.1) is 0 Å². The quantitative estimate of drug-likeness (QED) is 0.491. The van der Waals surface area contributed by atoms with Gasteiger partial charge in [-0.3, -0.25) is 0 Å². The van der Waals surface area contributed by atoms with Crippen LogP contribution in [0.4, 0.5) is 0 Å². The topological polar surface area (TPSA) is 100 Å². The van der Waals surface area contributed by atoms with E-state index in [0.29, 0.717) is 0 Å². The largest absolute Gasteiger partial charge is 2.00 e. The Balaban J connectivity index is -0.0000000389. The van der Waals surface area contributed by atoms with Crippen LogP contribution in [0.25, 0.3) is 0 Å². The number of carboxylic acids is 2. The molecule has 0 rings (SSSR count). The molecule has 0 saturated carbocycles. The number of carbonyl (C=O) groups excluding carboxylic acids is 2. The van der Waals surface area contributed by atoms with Crippen molar-refractivity contribution in [1.82, 2.24) is 0 Å². The van der Waals surface area contributed by atoms with Crippen molar-refractivity contribution in [2.45, 2.75) is 20.8 Å². The number of carbonyl (C=O) groups is 2. The van der Waals surface area contributed by atoms with E-state index in [1.807, 2.05) is 0 Å². The minimum Gasteiger partial charge on any atom is -0.550 e. The van der Waals surface area contributed by atoms with Gasteiger partial charge in [0, 0.05) is 18.5 Å². The molecule has 12 heavy (non-hydrogen) atoms. The van der Waals surface area contributed by atoms with Crippen molar-refractivity contribution in [3.8, 4) is 0 Å². The van der Waals surface area contributed by atoms with Crippen molar-refractivity contribution >= 4 is 11.9 Å². The predicted octanol–water partition coefficient (Wildman–Crippen LogP) is -2.49. The second-order valence-corrected chi connectivity index (χ2v) is 1.30. The number of hydrogen-bond acceptors (Lipinski definition) is 5. The summed E-state index contributed by atoms with van der Waals surface area (Å²) in [5.74, 6) is -2.17. The molecule has 6 heteroatoms. The molecular formula is C6H12O5Pd. The molecule has 0 aliphatic heterocycles. The summed E-state index contributed by atoms with van der Waals surface area (Å²) in [4.78, 5) is 17.8. The smallest absolute Gasteiger partial charge is 0.550 e. The predicted molar refractivity (Wildman–Crippen MR) is 34.1 cm³/mol. The van der Waals surface area contributed by atoms with Crippen LogP contribution in [0.1, 0.15) is 20.8 Å². The van der Waals surface area contributed by atoms with E-state index in [4.69, 9.17) is 24.9 Å². The summed E-state index contributed by atoms with van der Waals surface area (Å²) in [6.45, 7) is 3.88. The minimum absolute atomic E-state index is 0. The fourth-order valence-electron chi connectivity index (χ4n) is 0. The first-order valence-electron chi connectivity index (χ1n) is 2.84. The summed E-state index contributed by atoms with van der Waals surface area (Å²) in [5, 5.41) is 25.3. The third-order valence-electron chi connectivity index (χ3n) is 0. The molecule has 0 bridgehead atoms. The van der Waals surface area contributed by atoms with Crippen molar-refractivity contribution < 1.29 is 45.3 Å². The standard InChI is InChI=1S/2C2H4O2.C2H6O.Pd/c2*1-2(3)4;1-2-3;/h2*1H3,(H,3,4);3H,2H2,1H3;/q;;;+2/p-2. The number of aliphatic carboxylic acids is 2. The number of rotatable bonds is 0. The first-order chi connectivity index (χ1) is 4.88. The van der Waals surface area contributed by atoms with Crippen LogP contribution in [0.15, 0.2) is 0 Å². The fraction of sp³-hybridized carbons (Fsp3) is 0.667. The molecular weight excluding hydrogens is 258 g/mol. The molecule has 0 spiro atoms.